The molecule has 0 spiro atoms. The lowest BCUT2D eigenvalue weighted by Crippen LogP contribution is -2.33. The van der Waals surface area contributed by atoms with Gasteiger partial charge in [0.25, 0.3) is 0 Å². The summed E-state index contributed by atoms with van der Waals surface area (Å²) >= 11 is 0. The molecule has 0 rings (SSSR count). The quantitative estimate of drug-likeness (QED) is 0.296. The Bertz CT molecular complexity index is 518. The van der Waals surface area contributed by atoms with Crippen molar-refractivity contribution < 1.29 is 28.6 Å². The fourth-order valence-corrected chi connectivity index (χ4v) is 1.69. The molecule has 0 saturated carbocycles. The summed E-state index contributed by atoms with van der Waals surface area (Å²) in [6, 6.07) is 0. The standard InChI is InChI=1S/C18H29NO6/c1-12(2)15(20)23-9-8-19-17(22)25-14(4)11-24-16(21)13(3)10-18(5,6)7/h14H,1,3,8-11H2,2,4-7H3,(H,19,22). The Labute approximate surface area is 149 Å². The van der Waals surface area contributed by atoms with E-state index in [2.05, 4.69) is 18.5 Å². The number of nitrogens with one attached hydrogen (secondary N) is 1. The number of ether oxygens (including phenoxy) is 3. The minimum absolute atomic E-state index is 0.0107. The minimum Gasteiger partial charge on any atom is -0.460 e. The molecule has 1 unspecified atom stereocenters. The highest BCUT2D eigenvalue weighted by Gasteiger charge is 2.19. The van der Waals surface area contributed by atoms with Crippen LogP contribution in [0.15, 0.2) is 24.3 Å². The summed E-state index contributed by atoms with van der Waals surface area (Å²) in [6.07, 6.45) is -0.794. The first-order valence-corrected chi connectivity index (χ1v) is 8.04. The number of alkyl carbamates (subject to hydrolysis) is 1. The molecule has 142 valence electrons. The van der Waals surface area contributed by atoms with Gasteiger partial charge in [0, 0.05) is 11.1 Å². The summed E-state index contributed by atoms with van der Waals surface area (Å²) in [5.74, 6) is -1.02. The molecule has 0 aliphatic rings. The van der Waals surface area contributed by atoms with Crippen molar-refractivity contribution in [1.82, 2.24) is 5.32 Å². The van der Waals surface area contributed by atoms with Crippen LogP contribution >= 0.6 is 0 Å². The highest BCUT2D eigenvalue weighted by atomic mass is 16.6. The number of rotatable bonds is 9. The summed E-state index contributed by atoms with van der Waals surface area (Å²) in [5.41, 5.74) is 0.598. The van der Waals surface area contributed by atoms with E-state index in [1.807, 2.05) is 20.8 Å². The largest absolute Gasteiger partial charge is 0.460 e. The maximum Gasteiger partial charge on any atom is 0.407 e. The number of esters is 2. The van der Waals surface area contributed by atoms with Gasteiger partial charge in [-0.2, -0.15) is 0 Å². The second-order valence-corrected chi connectivity index (χ2v) is 7.00. The summed E-state index contributed by atoms with van der Waals surface area (Å²) in [6.45, 7) is 16.3. The molecule has 0 saturated heterocycles. The topological polar surface area (TPSA) is 90.9 Å². The highest BCUT2D eigenvalue weighted by molar-refractivity contribution is 5.88. The zero-order valence-electron chi connectivity index (χ0n) is 15.8. The molecule has 0 radical (unpaired) electrons. The molecule has 1 atom stereocenters. The van der Waals surface area contributed by atoms with Crippen LogP contribution in [0.25, 0.3) is 0 Å². The van der Waals surface area contributed by atoms with E-state index in [9.17, 15) is 14.4 Å². The second-order valence-electron chi connectivity index (χ2n) is 7.00. The third-order valence-corrected chi connectivity index (χ3v) is 2.74. The van der Waals surface area contributed by atoms with Crippen molar-refractivity contribution in [3.8, 4) is 0 Å². The summed E-state index contributed by atoms with van der Waals surface area (Å²) in [4.78, 5) is 34.5. The molecule has 0 heterocycles. The van der Waals surface area contributed by atoms with Gasteiger partial charge in [-0.05, 0) is 25.7 Å². The summed E-state index contributed by atoms with van der Waals surface area (Å²) in [7, 11) is 0. The lowest BCUT2D eigenvalue weighted by Gasteiger charge is -2.19. The first-order chi connectivity index (χ1) is 11.4. The Balaban J connectivity index is 3.98. The van der Waals surface area contributed by atoms with Crippen molar-refractivity contribution in [2.75, 3.05) is 19.8 Å². The molecule has 0 aliphatic heterocycles. The Kier molecular flexibility index (Phi) is 9.56. The maximum atomic E-state index is 11.8. The molecular formula is C18H29NO6. The first kappa shape index (κ1) is 22.7. The molecule has 0 aromatic heterocycles. The van der Waals surface area contributed by atoms with Crippen LogP contribution in [0.5, 0.6) is 0 Å². The molecule has 7 nitrogen and oxygen atoms in total. The molecule has 0 aromatic carbocycles. The third kappa shape index (κ3) is 11.8. The van der Waals surface area contributed by atoms with E-state index in [1.165, 1.54) is 6.92 Å². The lowest BCUT2D eigenvalue weighted by atomic mass is 9.88. The Morgan fingerprint density at radius 1 is 1.08 bits per heavy atom. The van der Waals surface area contributed by atoms with Gasteiger partial charge >= 0.3 is 18.0 Å². The van der Waals surface area contributed by atoms with Gasteiger partial charge in [-0.15, -0.1) is 0 Å². The van der Waals surface area contributed by atoms with E-state index in [-0.39, 0.29) is 30.7 Å². The first-order valence-electron chi connectivity index (χ1n) is 8.04. The Morgan fingerprint density at radius 2 is 1.68 bits per heavy atom. The van der Waals surface area contributed by atoms with Gasteiger partial charge in [0.15, 0.2) is 0 Å². The van der Waals surface area contributed by atoms with Crippen molar-refractivity contribution in [2.24, 2.45) is 5.41 Å². The van der Waals surface area contributed by atoms with E-state index < -0.39 is 24.1 Å². The average molecular weight is 355 g/mol. The Hall–Kier alpha value is -2.31. The molecule has 1 amide bonds. The molecule has 25 heavy (non-hydrogen) atoms. The van der Waals surface area contributed by atoms with Crippen molar-refractivity contribution in [1.29, 1.82) is 0 Å². The average Bonchev–Trinajstić information content (AvgIpc) is 2.46. The van der Waals surface area contributed by atoms with E-state index in [0.29, 0.717) is 12.0 Å². The van der Waals surface area contributed by atoms with Crippen LogP contribution in [0.4, 0.5) is 4.79 Å². The fraction of sp³-hybridized carbons (Fsp3) is 0.611. The SMILES string of the molecule is C=C(C)C(=O)OCCNC(=O)OC(C)COC(=O)C(=C)CC(C)(C)C. The van der Waals surface area contributed by atoms with Gasteiger partial charge < -0.3 is 19.5 Å². The number of carbonyl (C=O) groups is 3. The van der Waals surface area contributed by atoms with Crippen LogP contribution in [0.1, 0.15) is 41.0 Å². The molecule has 0 fully saturated rings. The van der Waals surface area contributed by atoms with Crippen LogP contribution < -0.4 is 5.32 Å². The predicted molar refractivity (Wildman–Crippen MR) is 93.9 cm³/mol. The van der Waals surface area contributed by atoms with Crippen LogP contribution in [0.2, 0.25) is 0 Å². The van der Waals surface area contributed by atoms with Crippen molar-refractivity contribution in [3.63, 3.8) is 0 Å². The molecule has 0 aliphatic carbocycles. The monoisotopic (exact) mass is 355 g/mol. The van der Waals surface area contributed by atoms with Crippen molar-refractivity contribution in [2.45, 2.75) is 47.1 Å². The van der Waals surface area contributed by atoms with Gasteiger partial charge in [0.05, 0.1) is 6.54 Å². The van der Waals surface area contributed by atoms with E-state index in [4.69, 9.17) is 14.2 Å². The van der Waals surface area contributed by atoms with E-state index in [0.717, 1.165) is 0 Å². The smallest absolute Gasteiger partial charge is 0.407 e. The fourth-order valence-electron chi connectivity index (χ4n) is 1.69. The second kappa shape index (κ2) is 10.5. The normalized spacial score (nSPS) is 11.9. The van der Waals surface area contributed by atoms with Crippen molar-refractivity contribution >= 4 is 18.0 Å². The van der Waals surface area contributed by atoms with Gasteiger partial charge in [-0.25, -0.2) is 14.4 Å². The zero-order valence-corrected chi connectivity index (χ0v) is 15.8. The van der Waals surface area contributed by atoms with E-state index >= 15 is 0 Å². The molecule has 1 N–H and O–H groups in total. The molecule has 7 heteroatoms. The number of hydrogen-bond donors (Lipinski definition) is 1. The lowest BCUT2D eigenvalue weighted by molar-refractivity contribution is -0.142. The summed E-state index contributed by atoms with van der Waals surface area (Å²) in [5, 5.41) is 2.42. The highest BCUT2D eigenvalue weighted by Crippen LogP contribution is 2.23. The zero-order chi connectivity index (χ0) is 19.6. The van der Waals surface area contributed by atoms with Gasteiger partial charge in [0.2, 0.25) is 0 Å². The van der Waals surface area contributed by atoms with Gasteiger partial charge in [-0.1, -0.05) is 33.9 Å². The van der Waals surface area contributed by atoms with Crippen LogP contribution in [0.3, 0.4) is 0 Å². The van der Waals surface area contributed by atoms with Gasteiger partial charge in [-0.3, -0.25) is 0 Å². The van der Waals surface area contributed by atoms with Crippen LogP contribution in [-0.2, 0) is 23.8 Å². The number of hydrogen-bond acceptors (Lipinski definition) is 6. The van der Waals surface area contributed by atoms with Gasteiger partial charge in [0.1, 0.15) is 19.3 Å². The van der Waals surface area contributed by atoms with Crippen molar-refractivity contribution in [3.05, 3.63) is 24.3 Å². The molecular weight excluding hydrogens is 326 g/mol. The summed E-state index contributed by atoms with van der Waals surface area (Å²) < 4.78 is 14.9. The van der Waals surface area contributed by atoms with Crippen LogP contribution in [-0.4, -0.2) is 43.9 Å². The third-order valence-electron chi connectivity index (χ3n) is 2.74. The molecule has 0 bridgehead atoms. The Morgan fingerprint density at radius 3 is 2.20 bits per heavy atom. The number of amides is 1. The predicted octanol–water partition coefficient (Wildman–Crippen LogP) is 2.76. The van der Waals surface area contributed by atoms with Crippen LogP contribution in [0, 0.1) is 5.41 Å². The van der Waals surface area contributed by atoms with E-state index in [1.54, 1.807) is 6.92 Å². The maximum absolute atomic E-state index is 11.8. The minimum atomic E-state index is -0.691. The number of carbonyl (C=O) groups excluding carboxylic acids is 3. The molecule has 0 aromatic rings.